The summed E-state index contributed by atoms with van der Waals surface area (Å²) in [7, 11) is 0. The average Bonchev–Trinajstić information content (AvgIpc) is 3.41. The van der Waals surface area contributed by atoms with Crippen LogP contribution in [-0.2, 0) is 4.79 Å². The summed E-state index contributed by atoms with van der Waals surface area (Å²) in [6, 6.07) is 19.3. The summed E-state index contributed by atoms with van der Waals surface area (Å²) in [5, 5.41) is 4.72. The minimum Gasteiger partial charge on any atom is -0.457 e. The quantitative estimate of drug-likeness (QED) is 0.350. The van der Waals surface area contributed by atoms with Gasteiger partial charge in [0.25, 0.3) is 5.91 Å². The molecular weight excluding hydrogens is 487 g/mol. The van der Waals surface area contributed by atoms with E-state index in [-0.39, 0.29) is 17.4 Å². The Morgan fingerprint density at radius 2 is 1.85 bits per heavy atom. The Kier molecular flexibility index (Phi) is 6.96. The molecule has 34 heavy (non-hydrogen) atoms. The van der Waals surface area contributed by atoms with E-state index in [2.05, 4.69) is 12.2 Å². The van der Waals surface area contributed by atoms with Crippen LogP contribution in [0.1, 0.15) is 38.4 Å². The van der Waals surface area contributed by atoms with Crippen molar-refractivity contribution in [2.24, 2.45) is 5.92 Å². The summed E-state index contributed by atoms with van der Waals surface area (Å²) in [6.07, 6.45) is 6.40. The van der Waals surface area contributed by atoms with Gasteiger partial charge in [-0.15, -0.1) is 0 Å². The predicted octanol–water partition coefficient (Wildman–Crippen LogP) is 8.14. The van der Waals surface area contributed by atoms with E-state index in [1.807, 2.05) is 53.4 Å². The van der Waals surface area contributed by atoms with Crippen LogP contribution >= 0.6 is 35.0 Å². The third-order valence-electron chi connectivity index (χ3n) is 6.52. The standard InChI is InChI=1S/C27H26Cl2N2O2S/c1-17-7-5-6-10-23(17)31-26(32)25(34-27(31)30-19-8-3-2-4-9-19)16-20-12-14-24(33-20)21-15-18(28)11-13-22(21)29/h2-4,8-9,11-17,23,27,30H,5-7,10H2,1H3/b25-16-/t17-,23-,27?/m1/s1. The monoisotopic (exact) mass is 512 g/mol. The fourth-order valence-corrected chi connectivity index (χ4v) is 6.33. The molecule has 1 aromatic heterocycles. The van der Waals surface area contributed by atoms with Crippen molar-refractivity contribution in [1.29, 1.82) is 0 Å². The van der Waals surface area contributed by atoms with Gasteiger partial charge in [-0.2, -0.15) is 0 Å². The molecule has 1 N–H and O–H groups in total. The maximum Gasteiger partial charge on any atom is 0.263 e. The lowest BCUT2D eigenvalue weighted by atomic mass is 9.85. The number of nitrogens with one attached hydrogen (secondary N) is 1. The molecule has 0 bridgehead atoms. The van der Waals surface area contributed by atoms with Gasteiger partial charge in [-0.05, 0) is 61.2 Å². The van der Waals surface area contributed by atoms with Crippen molar-refractivity contribution in [2.75, 3.05) is 5.32 Å². The number of benzene rings is 2. The van der Waals surface area contributed by atoms with E-state index in [9.17, 15) is 4.79 Å². The van der Waals surface area contributed by atoms with Crippen molar-refractivity contribution < 1.29 is 9.21 Å². The number of hydrogen-bond donors (Lipinski definition) is 1. The first kappa shape index (κ1) is 23.4. The molecule has 2 aromatic carbocycles. The van der Waals surface area contributed by atoms with Gasteiger partial charge in [0.1, 0.15) is 11.5 Å². The Labute approximate surface area is 214 Å². The lowest BCUT2D eigenvalue weighted by Crippen LogP contribution is -2.48. The van der Waals surface area contributed by atoms with Crippen LogP contribution in [0.2, 0.25) is 10.0 Å². The highest BCUT2D eigenvalue weighted by molar-refractivity contribution is 8.05. The van der Waals surface area contributed by atoms with Crippen molar-refractivity contribution in [3.05, 3.63) is 81.4 Å². The Morgan fingerprint density at radius 1 is 1.06 bits per heavy atom. The Bertz CT molecular complexity index is 1210. The number of furan rings is 1. The summed E-state index contributed by atoms with van der Waals surface area (Å²) in [6.45, 7) is 2.26. The first-order chi connectivity index (χ1) is 16.5. The molecule has 0 spiro atoms. The smallest absolute Gasteiger partial charge is 0.263 e. The summed E-state index contributed by atoms with van der Waals surface area (Å²) in [5.41, 5.74) is 1.56. The normalized spacial score (nSPS) is 24.1. The molecular formula is C27H26Cl2N2O2S. The maximum absolute atomic E-state index is 13.6. The summed E-state index contributed by atoms with van der Waals surface area (Å²) < 4.78 is 6.05. The molecule has 2 fully saturated rings. The van der Waals surface area contributed by atoms with E-state index < -0.39 is 0 Å². The number of carbonyl (C=O) groups is 1. The summed E-state index contributed by atoms with van der Waals surface area (Å²) in [5.74, 6) is 1.75. The molecule has 7 heteroatoms. The first-order valence-corrected chi connectivity index (χ1v) is 13.2. The highest BCUT2D eigenvalue weighted by atomic mass is 35.5. The second-order valence-corrected chi connectivity index (χ2v) is 10.8. The molecule has 1 unspecified atom stereocenters. The van der Waals surface area contributed by atoms with Crippen LogP contribution in [-0.4, -0.2) is 22.3 Å². The van der Waals surface area contributed by atoms with Crippen molar-refractivity contribution >= 4 is 52.6 Å². The zero-order valence-corrected chi connectivity index (χ0v) is 21.2. The Hall–Kier alpha value is -2.34. The van der Waals surface area contributed by atoms with Crippen LogP contribution in [0, 0.1) is 5.92 Å². The number of rotatable bonds is 5. The fraction of sp³-hybridized carbons (Fsp3) is 0.296. The van der Waals surface area contributed by atoms with Crippen LogP contribution in [0.15, 0.2) is 70.0 Å². The number of hydrogen-bond acceptors (Lipinski definition) is 4. The highest BCUT2D eigenvalue weighted by Gasteiger charge is 2.43. The van der Waals surface area contributed by atoms with Crippen LogP contribution in [0.5, 0.6) is 0 Å². The molecule has 1 saturated carbocycles. The minimum absolute atomic E-state index is 0.0518. The molecule has 1 aliphatic heterocycles. The number of thioether (sulfide) groups is 1. The molecule has 5 rings (SSSR count). The molecule has 176 valence electrons. The maximum atomic E-state index is 13.6. The number of carbonyl (C=O) groups excluding carboxylic acids is 1. The number of para-hydroxylation sites is 1. The zero-order valence-electron chi connectivity index (χ0n) is 18.8. The SMILES string of the molecule is C[C@@H]1CCCC[C@H]1N1C(=O)/C(=C/c2ccc(-c3cc(Cl)ccc3Cl)o2)SC1Nc1ccccc1. The zero-order chi connectivity index (χ0) is 23.7. The largest absolute Gasteiger partial charge is 0.457 e. The van der Waals surface area contributed by atoms with E-state index in [4.69, 9.17) is 27.6 Å². The molecule has 3 atom stereocenters. The van der Waals surface area contributed by atoms with Gasteiger partial charge in [0, 0.05) is 28.4 Å². The third kappa shape index (κ3) is 4.88. The second kappa shape index (κ2) is 10.1. The van der Waals surface area contributed by atoms with Gasteiger partial charge in [0.15, 0.2) is 5.50 Å². The number of anilines is 1. The van der Waals surface area contributed by atoms with Crippen molar-refractivity contribution in [3.8, 4) is 11.3 Å². The van der Waals surface area contributed by atoms with Gasteiger partial charge >= 0.3 is 0 Å². The number of nitrogens with zero attached hydrogens (tertiary/aromatic N) is 1. The van der Waals surface area contributed by atoms with Crippen LogP contribution in [0.4, 0.5) is 5.69 Å². The molecule has 1 amide bonds. The molecule has 1 aliphatic carbocycles. The van der Waals surface area contributed by atoms with Crippen molar-refractivity contribution in [3.63, 3.8) is 0 Å². The summed E-state index contributed by atoms with van der Waals surface area (Å²) in [4.78, 5) is 16.4. The molecule has 0 radical (unpaired) electrons. The molecule has 2 heterocycles. The van der Waals surface area contributed by atoms with Gasteiger partial charge < -0.3 is 14.6 Å². The fourth-order valence-electron chi connectivity index (χ4n) is 4.76. The molecule has 2 aliphatic rings. The highest BCUT2D eigenvalue weighted by Crippen LogP contribution is 2.42. The van der Waals surface area contributed by atoms with E-state index in [0.717, 1.165) is 30.5 Å². The lowest BCUT2D eigenvalue weighted by Gasteiger charge is -2.39. The van der Waals surface area contributed by atoms with Gasteiger partial charge in [-0.1, -0.05) is 72.9 Å². The Morgan fingerprint density at radius 3 is 2.65 bits per heavy atom. The third-order valence-corrected chi connectivity index (χ3v) is 8.20. The first-order valence-electron chi connectivity index (χ1n) is 11.6. The molecule has 4 nitrogen and oxygen atoms in total. The van der Waals surface area contributed by atoms with Gasteiger partial charge in [-0.25, -0.2) is 0 Å². The van der Waals surface area contributed by atoms with Crippen LogP contribution in [0.25, 0.3) is 17.4 Å². The number of amides is 1. The van der Waals surface area contributed by atoms with Crippen LogP contribution in [0.3, 0.4) is 0 Å². The average molecular weight is 513 g/mol. The van der Waals surface area contributed by atoms with Crippen molar-refractivity contribution in [1.82, 2.24) is 4.90 Å². The topological polar surface area (TPSA) is 45.5 Å². The van der Waals surface area contributed by atoms with E-state index in [0.29, 0.717) is 32.4 Å². The van der Waals surface area contributed by atoms with E-state index in [1.54, 1.807) is 30.0 Å². The molecule has 1 saturated heterocycles. The lowest BCUT2D eigenvalue weighted by molar-refractivity contribution is -0.129. The number of halogens is 2. The van der Waals surface area contributed by atoms with Crippen LogP contribution < -0.4 is 5.32 Å². The predicted molar refractivity (Wildman–Crippen MR) is 142 cm³/mol. The van der Waals surface area contributed by atoms with Gasteiger partial charge in [0.2, 0.25) is 0 Å². The molecule has 3 aromatic rings. The van der Waals surface area contributed by atoms with E-state index >= 15 is 0 Å². The van der Waals surface area contributed by atoms with Gasteiger partial charge in [-0.3, -0.25) is 4.79 Å². The summed E-state index contributed by atoms with van der Waals surface area (Å²) >= 11 is 14.0. The van der Waals surface area contributed by atoms with Crippen molar-refractivity contribution in [2.45, 2.75) is 44.1 Å². The van der Waals surface area contributed by atoms with E-state index in [1.165, 1.54) is 6.42 Å². The second-order valence-electron chi connectivity index (χ2n) is 8.86. The Balaban J connectivity index is 1.44. The minimum atomic E-state index is -0.163. The van der Waals surface area contributed by atoms with Gasteiger partial charge in [0.05, 0.1) is 9.93 Å².